The van der Waals surface area contributed by atoms with E-state index in [0.29, 0.717) is 28.6 Å². The number of carbonyl (C=O) groups is 2. The Morgan fingerprint density at radius 1 is 1.30 bits per heavy atom. The minimum atomic E-state index is -0.345. The van der Waals surface area contributed by atoms with Crippen LogP contribution in [0.5, 0.6) is 0 Å². The molecule has 0 aliphatic carbocycles. The van der Waals surface area contributed by atoms with Gasteiger partial charge in [0.25, 0.3) is 5.91 Å². The quantitative estimate of drug-likeness (QED) is 0.421. The lowest BCUT2D eigenvalue weighted by atomic mass is 10.1. The molecule has 7 heteroatoms. The smallest absolute Gasteiger partial charge is 0.316 e. The number of aromatic nitrogens is 1. The molecule has 0 aliphatic rings. The van der Waals surface area contributed by atoms with Gasteiger partial charge >= 0.3 is 5.97 Å². The van der Waals surface area contributed by atoms with Gasteiger partial charge in [0.15, 0.2) is 0 Å². The highest BCUT2D eigenvalue weighted by molar-refractivity contribution is 7.99. The number of amides is 1. The van der Waals surface area contributed by atoms with E-state index >= 15 is 0 Å². The van der Waals surface area contributed by atoms with Gasteiger partial charge < -0.3 is 10.1 Å². The molecule has 0 spiro atoms. The third-order valence-corrected chi connectivity index (χ3v) is 4.63. The van der Waals surface area contributed by atoms with E-state index in [2.05, 4.69) is 10.3 Å². The molecule has 1 amide bonds. The highest BCUT2D eigenvalue weighted by Gasteiger charge is 2.16. The predicted octanol–water partition coefficient (Wildman–Crippen LogP) is 3.95. The first-order chi connectivity index (χ1) is 13.0. The van der Waals surface area contributed by atoms with E-state index in [1.54, 1.807) is 19.1 Å². The van der Waals surface area contributed by atoms with Crippen molar-refractivity contribution in [3.8, 4) is 6.07 Å². The Labute approximate surface area is 162 Å². The van der Waals surface area contributed by atoms with Crippen LogP contribution in [0.1, 0.15) is 41.4 Å². The summed E-state index contributed by atoms with van der Waals surface area (Å²) in [6.07, 6.45) is 1.77. The zero-order chi connectivity index (χ0) is 19.6. The molecule has 0 fully saturated rings. The van der Waals surface area contributed by atoms with Crippen LogP contribution in [0.3, 0.4) is 0 Å². The minimum absolute atomic E-state index is 0.0698. The fourth-order valence-electron chi connectivity index (χ4n) is 2.22. The number of aryl methyl sites for hydroxylation is 1. The standard InChI is InChI=1S/C20H21N3O3S/c1-3-4-10-26-18(24)13-27-20-15(12-21)11-17(14(2)22-20)19(25)23-16-8-6-5-7-9-16/h5-9,11H,3-4,10,13H2,1-2H3,(H,23,25). The number of hydrogen-bond acceptors (Lipinski definition) is 6. The summed E-state index contributed by atoms with van der Waals surface area (Å²) < 4.78 is 5.10. The summed E-state index contributed by atoms with van der Waals surface area (Å²) in [5.41, 5.74) is 1.73. The summed E-state index contributed by atoms with van der Waals surface area (Å²) in [6, 6.07) is 12.6. The third-order valence-electron chi connectivity index (χ3n) is 3.66. The number of nitrogens with one attached hydrogen (secondary N) is 1. The molecule has 1 aromatic carbocycles. The maximum absolute atomic E-state index is 12.5. The summed E-state index contributed by atoms with van der Waals surface area (Å²) >= 11 is 1.14. The molecule has 0 saturated carbocycles. The van der Waals surface area contributed by atoms with Crippen molar-refractivity contribution in [3.63, 3.8) is 0 Å². The SMILES string of the molecule is CCCCOC(=O)CSc1nc(C)c(C(=O)Nc2ccccc2)cc1C#N. The van der Waals surface area contributed by atoms with Gasteiger partial charge in [-0.05, 0) is 31.5 Å². The summed E-state index contributed by atoms with van der Waals surface area (Å²) in [5, 5.41) is 12.6. The van der Waals surface area contributed by atoms with Crippen molar-refractivity contribution < 1.29 is 14.3 Å². The van der Waals surface area contributed by atoms with Gasteiger partial charge in [-0.1, -0.05) is 43.3 Å². The number of pyridine rings is 1. The maximum atomic E-state index is 12.5. The Morgan fingerprint density at radius 2 is 2.04 bits per heavy atom. The van der Waals surface area contributed by atoms with Gasteiger partial charge in [0, 0.05) is 5.69 Å². The second-order valence-corrected chi connectivity index (χ2v) is 6.73. The first kappa shape index (κ1) is 20.5. The number of rotatable bonds is 8. The second kappa shape index (κ2) is 10.3. The molecule has 140 valence electrons. The average Bonchev–Trinajstić information content (AvgIpc) is 2.67. The van der Waals surface area contributed by atoms with E-state index < -0.39 is 0 Å². The molecule has 1 heterocycles. The molecule has 1 aromatic heterocycles. The first-order valence-corrected chi connectivity index (χ1v) is 9.60. The minimum Gasteiger partial charge on any atom is -0.465 e. The molecule has 0 bridgehead atoms. The number of nitriles is 1. The normalized spacial score (nSPS) is 10.1. The lowest BCUT2D eigenvalue weighted by Crippen LogP contribution is -2.15. The van der Waals surface area contributed by atoms with Crippen molar-refractivity contribution in [2.45, 2.75) is 31.7 Å². The Kier molecular flexibility index (Phi) is 7.83. The molecule has 1 N–H and O–H groups in total. The van der Waals surface area contributed by atoms with E-state index in [1.807, 2.05) is 31.2 Å². The molecular weight excluding hydrogens is 362 g/mol. The number of ether oxygens (including phenoxy) is 1. The van der Waals surface area contributed by atoms with Crippen LogP contribution in [0.2, 0.25) is 0 Å². The van der Waals surface area contributed by atoms with Crippen LogP contribution in [0.25, 0.3) is 0 Å². The lowest BCUT2D eigenvalue weighted by Gasteiger charge is -2.10. The van der Waals surface area contributed by atoms with E-state index in [4.69, 9.17) is 4.74 Å². The monoisotopic (exact) mass is 383 g/mol. The number of hydrogen-bond donors (Lipinski definition) is 1. The van der Waals surface area contributed by atoms with Crippen molar-refractivity contribution >= 4 is 29.3 Å². The Morgan fingerprint density at radius 3 is 2.70 bits per heavy atom. The van der Waals surface area contributed by atoms with E-state index in [1.165, 1.54) is 6.07 Å². The molecule has 6 nitrogen and oxygen atoms in total. The molecule has 0 aliphatic heterocycles. The molecule has 2 aromatic rings. The zero-order valence-electron chi connectivity index (χ0n) is 15.3. The van der Waals surface area contributed by atoms with Crippen LogP contribution in [-0.2, 0) is 9.53 Å². The summed E-state index contributed by atoms with van der Waals surface area (Å²) in [5.74, 6) is -0.610. The summed E-state index contributed by atoms with van der Waals surface area (Å²) in [7, 11) is 0. The van der Waals surface area contributed by atoms with Gasteiger partial charge in [-0.2, -0.15) is 5.26 Å². The molecule has 27 heavy (non-hydrogen) atoms. The Balaban J connectivity index is 2.09. The number of benzene rings is 1. The number of carbonyl (C=O) groups excluding carboxylic acids is 2. The molecule has 0 saturated heterocycles. The van der Waals surface area contributed by atoms with E-state index in [0.717, 1.165) is 24.6 Å². The molecule has 2 rings (SSSR count). The molecular formula is C20H21N3O3S. The van der Waals surface area contributed by atoms with Crippen LogP contribution in [0.4, 0.5) is 5.69 Å². The number of anilines is 1. The van der Waals surface area contributed by atoms with Crippen LogP contribution < -0.4 is 5.32 Å². The second-order valence-electron chi connectivity index (χ2n) is 5.77. The summed E-state index contributed by atoms with van der Waals surface area (Å²) in [4.78, 5) is 28.6. The number of unbranched alkanes of at least 4 members (excludes halogenated alkanes) is 1. The van der Waals surface area contributed by atoms with Crippen LogP contribution >= 0.6 is 11.8 Å². The average molecular weight is 383 g/mol. The van der Waals surface area contributed by atoms with Crippen LogP contribution in [-0.4, -0.2) is 29.2 Å². The molecule has 0 radical (unpaired) electrons. The van der Waals surface area contributed by atoms with Gasteiger partial charge in [-0.25, -0.2) is 4.98 Å². The van der Waals surface area contributed by atoms with Crippen molar-refractivity contribution in [1.29, 1.82) is 5.26 Å². The zero-order valence-corrected chi connectivity index (χ0v) is 16.1. The van der Waals surface area contributed by atoms with Crippen molar-refractivity contribution in [2.24, 2.45) is 0 Å². The first-order valence-electron chi connectivity index (χ1n) is 8.61. The maximum Gasteiger partial charge on any atom is 0.316 e. The van der Waals surface area contributed by atoms with Crippen LogP contribution in [0, 0.1) is 18.3 Å². The van der Waals surface area contributed by atoms with Crippen LogP contribution in [0.15, 0.2) is 41.4 Å². The number of nitrogens with zero attached hydrogens (tertiary/aromatic N) is 2. The fourth-order valence-corrected chi connectivity index (χ4v) is 3.02. The molecule has 0 atom stereocenters. The molecule has 0 unspecified atom stereocenters. The van der Waals surface area contributed by atoms with Gasteiger partial charge in [0.1, 0.15) is 11.1 Å². The number of esters is 1. The van der Waals surface area contributed by atoms with Gasteiger partial charge in [0.05, 0.1) is 29.2 Å². The predicted molar refractivity (Wildman–Crippen MR) is 105 cm³/mol. The van der Waals surface area contributed by atoms with Crippen molar-refractivity contribution in [3.05, 3.63) is 53.2 Å². The van der Waals surface area contributed by atoms with E-state index in [9.17, 15) is 14.9 Å². The van der Waals surface area contributed by atoms with Crippen molar-refractivity contribution in [1.82, 2.24) is 4.98 Å². The third kappa shape index (κ3) is 6.12. The van der Waals surface area contributed by atoms with Crippen molar-refractivity contribution in [2.75, 3.05) is 17.7 Å². The highest BCUT2D eigenvalue weighted by Crippen LogP contribution is 2.23. The van der Waals surface area contributed by atoms with Gasteiger partial charge in [0.2, 0.25) is 0 Å². The Hall–Kier alpha value is -2.85. The van der Waals surface area contributed by atoms with Gasteiger partial charge in [-0.15, -0.1) is 0 Å². The Bertz CT molecular complexity index is 848. The largest absolute Gasteiger partial charge is 0.465 e. The fraction of sp³-hybridized carbons (Fsp3) is 0.300. The lowest BCUT2D eigenvalue weighted by molar-refractivity contribution is -0.140. The topological polar surface area (TPSA) is 92.1 Å². The number of para-hydroxylation sites is 1. The highest BCUT2D eigenvalue weighted by atomic mass is 32.2. The summed E-state index contributed by atoms with van der Waals surface area (Å²) in [6.45, 7) is 4.11. The number of thioether (sulfide) groups is 1. The van der Waals surface area contributed by atoms with Gasteiger partial charge in [-0.3, -0.25) is 9.59 Å². The van der Waals surface area contributed by atoms with E-state index in [-0.39, 0.29) is 23.2 Å².